The monoisotopic (exact) mass is 247 g/mol. The molecule has 2 nitrogen and oxygen atoms in total. The minimum Gasteiger partial charge on any atom is -0.493 e. The molecule has 1 N–H and O–H groups in total. The fraction of sp³-hybridized carbons (Fsp3) is 0.500. The Labute approximate surface area is 98.8 Å². The number of alkyl halides is 3. The Morgan fingerprint density at radius 3 is 2.65 bits per heavy atom. The Kier molecular flexibility index (Phi) is 4.81. The molecular weight excluding hydrogens is 231 g/mol. The van der Waals surface area contributed by atoms with E-state index < -0.39 is 12.6 Å². The van der Waals surface area contributed by atoms with Crippen LogP contribution in [-0.4, -0.2) is 19.8 Å². The van der Waals surface area contributed by atoms with Crippen molar-refractivity contribution in [2.75, 3.05) is 13.7 Å². The van der Waals surface area contributed by atoms with E-state index in [0.29, 0.717) is 5.75 Å². The quantitative estimate of drug-likeness (QED) is 0.862. The standard InChI is InChI=1S/C12H16F3NO/c1-9(16-2)10-4-3-5-11(8-10)17-7-6-12(13,14)15/h3-5,8-9,16H,6-7H2,1-2H3. The van der Waals surface area contributed by atoms with Crippen molar-refractivity contribution >= 4 is 0 Å². The minimum atomic E-state index is -4.17. The number of benzene rings is 1. The molecule has 0 spiro atoms. The Morgan fingerprint density at radius 1 is 1.35 bits per heavy atom. The first kappa shape index (κ1) is 13.8. The van der Waals surface area contributed by atoms with Crippen LogP contribution in [0.5, 0.6) is 5.75 Å². The summed E-state index contributed by atoms with van der Waals surface area (Å²) in [6.45, 7) is 1.62. The normalized spacial score (nSPS) is 13.5. The summed E-state index contributed by atoms with van der Waals surface area (Å²) in [4.78, 5) is 0. The van der Waals surface area contributed by atoms with Gasteiger partial charge in [0.2, 0.25) is 0 Å². The lowest BCUT2D eigenvalue weighted by molar-refractivity contribution is -0.139. The maximum Gasteiger partial charge on any atom is 0.392 e. The van der Waals surface area contributed by atoms with Gasteiger partial charge in [0.15, 0.2) is 0 Å². The van der Waals surface area contributed by atoms with E-state index in [0.717, 1.165) is 5.56 Å². The summed E-state index contributed by atoms with van der Waals surface area (Å²) in [6, 6.07) is 7.21. The van der Waals surface area contributed by atoms with Gasteiger partial charge in [0.05, 0.1) is 13.0 Å². The molecule has 1 unspecified atom stereocenters. The molecule has 0 aliphatic heterocycles. The number of nitrogens with one attached hydrogen (secondary N) is 1. The molecule has 17 heavy (non-hydrogen) atoms. The van der Waals surface area contributed by atoms with Crippen molar-refractivity contribution in [3.05, 3.63) is 29.8 Å². The Balaban J connectivity index is 2.54. The molecule has 0 bridgehead atoms. The van der Waals surface area contributed by atoms with Gasteiger partial charge in [0, 0.05) is 6.04 Å². The molecular formula is C12H16F3NO. The van der Waals surface area contributed by atoms with Crippen LogP contribution < -0.4 is 10.1 Å². The second kappa shape index (κ2) is 5.91. The fourth-order valence-corrected chi connectivity index (χ4v) is 1.32. The SMILES string of the molecule is CNC(C)c1cccc(OCCC(F)(F)F)c1. The Hall–Kier alpha value is -1.23. The van der Waals surface area contributed by atoms with E-state index in [2.05, 4.69) is 5.32 Å². The summed E-state index contributed by atoms with van der Waals surface area (Å²) in [6.07, 6.45) is -5.10. The minimum absolute atomic E-state index is 0.140. The third-order valence-electron chi connectivity index (χ3n) is 2.45. The van der Waals surface area contributed by atoms with Gasteiger partial charge in [0.1, 0.15) is 5.75 Å². The number of rotatable bonds is 5. The molecule has 0 amide bonds. The zero-order chi connectivity index (χ0) is 12.9. The zero-order valence-electron chi connectivity index (χ0n) is 9.84. The van der Waals surface area contributed by atoms with Crippen LogP contribution in [0.15, 0.2) is 24.3 Å². The zero-order valence-corrected chi connectivity index (χ0v) is 9.84. The van der Waals surface area contributed by atoms with Crippen molar-refractivity contribution in [1.29, 1.82) is 0 Å². The van der Waals surface area contributed by atoms with Gasteiger partial charge < -0.3 is 10.1 Å². The highest BCUT2D eigenvalue weighted by molar-refractivity contribution is 5.30. The molecule has 0 radical (unpaired) electrons. The number of ether oxygens (including phenoxy) is 1. The van der Waals surface area contributed by atoms with Gasteiger partial charge in [-0.05, 0) is 31.7 Å². The van der Waals surface area contributed by atoms with Crippen molar-refractivity contribution < 1.29 is 17.9 Å². The van der Waals surface area contributed by atoms with Crippen LogP contribution in [0.1, 0.15) is 24.9 Å². The summed E-state index contributed by atoms with van der Waals surface area (Å²) in [5.74, 6) is 0.467. The largest absolute Gasteiger partial charge is 0.493 e. The molecule has 0 aromatic heterocycles. The molecule has 0 fully saturated rings. The molecule has 0 heterocycles. The van der Waals surface area contributed by atoms with Crippen molar-refractivity contribution in [3.8, 4) is 5.75 Å². The molecule has 1 atom stereocenters. The molecule has 0 saturated heterocycles. The van der Waals surface area contributed by atoms with Gasteiger partial charge in [-0.2, -0.15) is 13.2 Å². The van der Waals surface area contributed by atoms with Crippen molar-refractivity contribution in [3.63, 3.8) is 0 Å². The smallest absolute Gasteiger partial charge is 0.392 e. The Bertz CT molecular complexity index is 352. The van der Waals surface area contributed by atoms with E-state index in [-0.39, 0.29) is 12.6 Å². The van der Waals surface area contributed by atoms with Crippen LogP contribution in [-0.2, 0) is 0 Å². The highest BCUT2D eigenvalue weighted by atomic mass is 19.4. The molecule has 0 saturated carbocycles. The van der Waals surface area contributed by atoms with Crippen molar-refractivity contribution in [2.45, 2.75) is 25.6 Å². The van der Waals surface area contributed by atoms with Crippen LogP contribution in [0, 0.1) is 0 Å². The van der Waals surface area contributed by atoms with Crippen LogP contribution in [0.4, 0.5) is 13.2 Å². The lowest BCUT2D eigenvalue weighted by Gasteiger charge is -2.13. The third-order valence-corrected chi connectivity index (χ3v) is 2.45. The van der Waals surface area contributed by atoms with Gasteiger partial charge in [-0.25, -0.2) is 0 Å². The highest BCUT2D eigenvalue weighted by Crippen LogP contribution is 2.22. The van der Waals surface area contributed by atoms with E-state index in [1.165, 1.54) is 0 Å². The average molecular weight is 247 g/mol. The maximum absolute atomic E-state index is 11.9. The lowest BCUT2D eigenvalue weighted by atomic mass is 10.1. The highest BCUT2D eigenvalue weighted by Gasteiger charge is 2.26. The molecule has 0 aliphatic rings. The molecule has 96 valence electrons. The second-order valence-electron chi connectivity index (χ2n) is 3.80. The van der Waals surface area contributed by atoms with Gasteiger partial charge >= 0.3 is 6.18 Å². The average Bonchev–Trinajstić information content (AvgIpc) is 2.27. The lowest BCUT2D eigenvalue weighted by Crippen LogP contribution is -2.14. The van der Waals surface area contributed by atoms with Crippen LogP contribution in [0.25, 0.3) is 0 Å². The van der Waals surface area contributed by atoms with Crippen LogP contribution in [0.3, 0.4) is 0 Å². The third kappa shape index (κ3) is 5.08. The molecule has 1 aromatic carbocycles. The first-order valence-electron chi connectivity index (χ1n) is 5.39. The van der Waals surface area contributed by atoms with E-state index in [1.807, 2.05) is 20.0 Å². The first-order chi connectivity index (χ1) is 7.92. The summed E-state index contributed by atoms with van der Waals surface area (Å²) in [5.41, 5.74) is 0.983. The van der Waals surface area contributed by atoms with E-state index in [9.17, 15) is 13.2 Å². The van der Waals surface area contributed by atoms with Crippen molar-refractivity contribution in [1.82, 2.24) is 5.32 Å². The van der Waals surface area contributed by atoms with Crippen LogP contribution >= 0.6 is 0 Å². The molecule has 0 aliphatic carbocycles. The summed E-state index contributed by atoms with van der Waals surface area (Å²) in [5, 5.41) is 3.05. The van der Waals surface area contributed by atoms with E-state index >= 15 is 0 Å². The second-order valence-corrected chi connectivity index (χ2v) is 3.80. The first-order valence-corrected chi connectivity index (χ1v) is 5.39. The topological polar surface area (TPSA) is 21.3 Å². The summed E-state index contributed by atoms with van der Waals surface area (Å²) < 4.78 is 40.9. The molecule has 1 aromatic rings. The van der Waals surface area contributed by atoms with E-state index in [1.54, 1.807) is 18.2 Å². The number of hydrogen-bond acceptors (Lipinski definition) is 2. The van der Waals surface area contributed by atoms with Gasteiger partial charge in [0.25, 0.3) is 0 Å². The molecule has 1 rings (SSSR count). The predicted octanol–water partition coefficient (Wildman–Crippen LogP) is 3.30. The van der Waals surface area contributed by atoms with Crippen molar-refractivity contribution in [2.24, 2.45) is 0 Å². The fourth-order valence-electron chi connectivity index (χ4n) is 1.32. The van der Waals surface area contributed by atoms with E-state index in [4.69, 9.17) is 4.74 Å². The van der Waals surface area contributed by atoms with Gasteiger partial charge in [-0.1, -0.05) is 12.1 Å². The van der Waals surface area contributed by atoms with Gasteiger partial charge in [-0.3, -0.25) is 0 Å². The maximum atomic E-state index is 11.9. The number of hydrogen-bond donors (Lipinski definition) is 1. The summed E-state index contributed by atoms with van der Waals surface area (Å²) >= 11 is 0. The predicted molar refractivity (Wildman–Crippen MR) is 60.1 cm³/mol. The molecule has 5 heteroatoms. The van der Waals surface area contributed by atoms with Crippen LogP contribution in [0.2, 0.25) is 0 Å². The van der Waals surface area contributed by atoms with Gasteiger partial charge in [-0.15, -0.1) is 0 Å². The number of halogens is 3. The Morgan fingerprint density at radius 2 is 2.06 bits per heavy atom. The summed E-state index contributed by atoms with van der Waals surface area (Å²) in [7, 11) is 1.82.